The molecule has 3 rings (SSSR count). The zero-order valence-corrected chi connectivity index (χ0v) is 23.9. The van der Waals surface area contributed by atoms with Crippen molar-refractivity contribution in [2.24, 2.45) is 0 Å². The molecule has 0 saturated heterocycles. The topological polar surface area (TPSA) is 92.7 Å². The summed E-state index contributed by atoms with van der Waals surface area (Å²) < 4.78 is 98.7. The molecule has 3 aromatic rings. The first kappa shape index (κ1) is 32.4. The van der Waals surface area contributed by atoms with Gasteiger partial charge in [-0.3, -0.25) is 0 Å². The van der Waals surface area contributed by atoms with Gasteiger partial charge in [-0.25, -0.2) is 0 Å². The van der Waals surface area contributed by atoms with Crippen LogP contribution < -0.4 is 23.6 Å². The molecule has 0 spiro atoms. The van der Waals surface area contributed by atoms with Crippen molar-refractivity contribution >= 4 is 43.7 Å². The van der Waals surface area contributed by atoms with Crippen molar-refractivity contribution in [3.63, 3.8) is 0 Å². The van der Waals surface area contributed by atoms with Crippen LogP contribution in [0.25, 0.3) is 0 Å². The molecular weight excluding hydrogens is 662 g/mol. The number of para-hydroxylation sites is 1. The Kier molecular flexibility index (Phi) is 10.3. The van der Waals surface area contributed by atoms with Gasteiger partial charge in [-0.1, -0.05) is 0 Å². The van der Waals surface area contributed by atoms with Crippen LogP contribution in [-0.4, -0.2) is 29.0 Å². The fourth-order valence-corrected chi connectivity index (χ4v) is 8.52. The average Bonchev–Trinajstić information content (AvgIpc) is 2.83. The minimum absolute atomic E-state index is 0. The molecule has 0 N–H and O–H groups in total. The maximum Gasteiger partial charge on any atom is 1.00 e. The van der Waals surface area contributed by atoms with E-state index >= 15 is 8.78 Å². The first-order valence-electron chi connectivity index (χ1n) is 10.3. The van der Waals surface area contributed by atoms with E-state index in [1.54, 1.807) is 0 Å². The predicted molar refractivity (Wildman–Crippen MR) is 135 cm³/mol. The molecule has 0 aliphatic rings. The van der Waals surface area contributed by atoms with Crippen molar-refractivity contribution in [3.8, 4) is 5.75 Å². The second kappa shape index (κ2) is 12.1. The SMILES string of the molecule is CC(C)(OC(=O)c1ccccc1S(=O)(=O)[O-])c1ccccc1I(Cl)C(F)(F)C(F)(F)Oc1ccccc1.[Li+]. The number of benzene rings is 3. The number of ether oxygens (including phenoxy) is 2. The average molecular weight is 681 g/mol. The van der Waals surface area contributed by atoms with Crippen LogP contribution in [0.4, 0.5) is 17.6 Å². The molecule has 200 valence electrons. The van der Waals surface area contributed by atoms with Crippen LogP contribution >= 0.6 is 27.6 Å². The van der Waals surface area contributed by atoms with Gasteiger partial charge in [0.2, 0.25) is 0 Å². The number of hydrogen-bond acceptors (Lipinski definition) is 6. The molecule has 38 heavy (non-hydrogen) atoms. The zero-order chi connectivity index (χ0) is 27.6. The summed E-state index contributed by atoms with van der Waals surface area (Å²) in [7, 11) is 1.04. The maximum atomic E-state index is 15.1. The monoisotopic (exact) mass is 680 g/mol. The molecule has 0 amide bonds. The van der Waals surface area contributed by atoms with Crippen LogP contribution in [0, 0.1) is 3.57 Å². The number of carbonyl (C=O) groups excluding carboxylic acids is 1. The number of halogens is 6. The quantitative estimate of drug-likeness (QED) is 0.0854. The molecule has 0 aliphatic heterocycles. The standard InChI is InChI=1S/C24H20ClF4IO6S.Li/c1-22(2,36-21(31)17-12-6-9-15-20(17)37(32,33)34)18-13-7-8-14-19(18)30(25)23(26,27)24(28,29)35-16-10-4-3-5-11-16;/h3-15H,1-2H3,(H,32,33,34);/q;+1/p-1. The van der Waals surface area contributed by atoms with Gasteiger partial charge in [0.15, 0.2) is 0 Å². The molecule has 0 saturated carbocycles. The smallest absolute Gasteiger partial charge is 1.00 e. The fourth-order valence-electron chi connectivity index (χ4n) is 3.21. The van der Waals surface area contributed by atoms with Crippen LogP contribution in [0.3, 0.4) is 0 Å². The van der Waals surface area contributed by atoms with E-state index < -0.39 is 66.6 Å². The van der Waals surface area contributed by atoms with Gasteiger partial charge in [0.25, 0.3) is 0 Å². The van der Waals surface area contributed by atoms with E-state index in [9.17, 15) is 26.5 Å². The fraction of sp³-hybridized carbons (Fsp3) is 0.208. The molecule has 0 fully saturated rings. The Morgan fingerprint density at radius 3 is 2.03 bits per heavy atom. The first-order chi connectivity index (χ1) is 17.1. The molecule has 0 radical (unpaired) electrons. The van der Waals surface area contributed by atoms with Gasteiger partial charge in [-0.15, -0.1) is 0 Å². The number of carbonyl (C=O) groups is 1. The molecule has 0 aliphatic carbocycles. The van der Waals surface area contributed by atoms with E-state index in [1.807, 2.05) is 0 Å². The summed E-state index contributed by atoms with van der Waals surface area (Å²) in [4.78, 5) is 12.0. The van der Waals surface area contributed by atoms with Crippen LogP contribution in [0.1, 0.15) is 29.8 Å². The third kappa shape index (κ3) is 7.03. The van der Waals surface area contributed by atoms with Crippen LogP contribution in [0.2, 0.25) is 0 Å². The largest absolute Gasteiger partial charge is 1.00 e. The van der Waals surface area contributed by atoms with Gasteiger partial charge >= 0.3 is 241 Å². The number of rotatable bonds is 9. The second-order valence-electron chi connectivity index (χ2n) is 8.00. The van der Waals surface area contributed by atoms with Crippen LogP contribution in [0.5, 0.6) is 5.75 Å². The van der Waals surface area contributed by atoms with Gasteiger partial charge in [0, 0.05) is 0 Å². The first-order valence-corrected chi connectivity index (χ1v) is 16.6. The van der Waals surface area contributed by atoms with E-state index in [2.05, 4.69) is 4.74 Å². The molecule has 14 heteroatoms. The molecule has 0 bridgehead atoms. The summed E-state index contributed by atoms with van der Waals surface area (Å²) >= 11 is -4.63. The summed E-state index contributed by atoms with van der Waals surface area (Å²) in [5.74, 6) is -1.73. The molecule has 0 aromatic heterocycles. The second-order valence-corrected chi connectivity index (χ2v) is 15.1. The van der Waals surface area contributed by atoms with Crippen molar-refractivity contribution < 1.29 is 63.7 Å². The minimum Gasteiger partial charge on any atom is 1.00 e. The molecule has 6 nitrogen and oxygen atoms in total. The van der Waals surface area contributed by atoms with E-state index in [0.29, 0.717) is 0 Å². The minimum atomic E-state index is -5.04. The molecule has 0 atom stereocenters. The van der Waals surface area contributed by atoms with E-state index in [1.165, 1.54) is 62.4 Å². The van der Waals surface area contributed by atoms with Crippen molar-refractivity contribution in [3.05, 3.63) is 93.6 Å². The van der Waals surface area contributed by atoms with E-state index in [4.69, 9.17) is 13.6 Å². The van der Waals surface area contributed by atoms with Gasteiger partial charge < -0.3 is 0 Å². The normalized spacial score (nSPS) is 12.8. The molecule has 3 aromatic carbocycles. The van der Waals surface area contributed by atoms with Crippen molar-refractivity contribution in [1.82, 2.24) is 0 Å². The van der Waals surface area contributed by atoms with Crippen molar-refractivity contribution in [1.29, 1.82) is 0 Å². The number of alkyl halides is 5. The Bertz CT molecular complexity index is 1390. The van der Waals surface area contributed by atoms with Crippen molar-refractivity contribution in [2.75, 3.05) is 0 Å². The number of esters is 1. The Morgan fingerprint density at radius 1 is 0.895 bits per heavy atom. The van der Waals surface area contributed by atoms with Crippen molar-refractivity contribution in [2.45, 2.75) is 34.4 Å². The van der Waals surface area contributed by atoms with E-state index in [-0.39, 0.29) is 28.0 Å². The van der Waals surface area contributed by atoms with Gasteiger partial charge in [-0.2, -0.15) is 0 Å². The van der Waals surface area contributed by atoms with Gasteiger partial charge in [0.05, 0.1) is 0 Å². The number of hydrogen-bond donors (Lipinski definition) is 0. The summed E-state index contributed by atoms with van der Waals surface area (Å²) in [6.45, 7) is 2.57. The summed E-state index contributed by atoms with van der Waals surface area (Å²) in [5, 5.41) is 0. The summed E-state index contributed by atoms with van der Waals surface area (Å²) in [5.41, 5.74) is -2.41. The maximum absolute atomic E-state index is 15.1. The Hall–Kier alpha value is -1.82. The molecular formula is C24H19ClF4ILiO6S. The Morgan fingerprint density at radius 2 is 1.42 bits per heavy atom. The summed E-state index contributed by atoms with van der Waals surface area (Å²) in [6.07, 6.45) is -4.96. The Balaban J connectivity index is 0.00000507. The molecule has 0 unspecified atom stereocenters. The third-order valence-corrected chi connectivity index (χ3v) is 11.9. The predicted octanol–water partition coefficient (Wildman–Crippen LogP) is 3.78. The molecule has 0 heterocycles. The van der Waals surface area contributed by atoms with Crippen LogP contribution in [-0.2, 0) is 20.5 Å². The zero-order valence-electron chi connectivity index (χ0n) is 20.1. The van der Waals surface area contributed by atoms with Gasteiger partial charge in [-0.05, 0) is 0 Å². The third-order valence-electron chi connectivity index (χ3n) is 4.95. The van der Waals surface area contributed by atoms with Gasteiger partial charge in [0.1, 0.15) is 0 Å². The van der Waals surface area contributed by atoms with Crippen LogP contribution in [0.15, 0.2) is 83.8 Å². The summed E-state index contributed by atoms with van der Waals surface area (Å²) in [6, 6.07) is 16.0. The Labute approximate surface area is 239 Å². The van der Waals surface area contributed by atoms with E-state index in [0.717, 1.165) is 30.3 Å².